The number of hydrogen-bond donors (Lipinski definition) is 2. The van der Waals surface area contributed by atoms with Crippen molar-refractivity contribution >= 4 is 5.97 Å². The van der Waals surface area contributed by atoms with Gasteiger partial charge in [-0.25, -0.2) is 0 Å². The fourth-order valence-corrected chi connectivity index (χ4v) is 1.06. The van der Waals surface area contributed by atoms with Gasteiger partial charge in [0, 0.05) is 0 Å². The number of phenolic OH excluding ortho intramolecular Hbond substituents is 1. The van der Waals surface area contributed by atoms with Crippen molar-refractivity contribution in [1.82, 2.24) is 0 Å². The van der Waals surface area contributed by atoms with Crippen LogP contribution >= 0.6 is 0 Å². The van der Waals surface area contributed by atoms with Crippen molar-refractivity contribution < 1.29 is 15.0 Å². The van der Waals surface area contributed by atoms with Gasteiger partial charge in [-0.15, -0.1) is 0 Å². The molecular weight excluding hydrogens is 182 g/mol. The number of nitrogens with zero attached hydrogens (tertiary/aromatic N) is 1. The first-order valence-corrected chi connectivity index (χ1v) is 4.02. The molecule has 1 rings (SSSR count). The molecule has 0 aliphatic heterocycles. The molecule has 0 saturated heterocycles. The maximum Gasteiger partial charge on any atom is 0.310 e. The highest BCUT2D eigenvalue weighted by molar-refractivity contribution is 5.75. The van der Waals surface area contributed by atoms with E-state index < -0.39 is 11.9 Å². The molecular formula is C10H9NO3. The number of aromatic hydroxyl groups is 1. The van der Waals surface area contributed by atoms with E-state index in [4.69, 9.17) is 10.4 Å². The van der Waals surface area contributed by atoms with Crippen LogP contribution in [0.1, 0.15) is 24.0 Å². The van der Waals surface area contributed by atoms with Gasteiger partial charge < -0.3 is 10.2 Å². The standard InChI is InChI=1S/C10H9NO3/c1-6(10(13)14)7-2-3-8(5-11)9(12)4-7/h2-4,6,12H,1H3,(H,13,14). The third kappa shape index (κ3) is 1.83. The number of carbonyl (C=O) groups is 1. The third-order valence-electron chi connectivity index (χ3n) is 2.01. The SMILES string of the molecule is CC(C(=O)O)c1ccc(C#N)c(O)c1. The molecule has 4 nitrogen and oxygen atoms in total. The average molecular weight is 191 g/mol. The summed E-state index contributed by atoms with van der Waals surface area (Å²) in [6, 6.07) is 6.03. The molecule has 0 aliphatic rings. The predicted molar refractivity (Wildman–Crippen MR) is 48.9 cm³/mol. The largest absolute Gasteiger partial charge is 0.507 e. The second-order valence-electron chi connectivity index (χ2n) is 2.95. The van der Waals surface area contributed by atoms with E-state index in [0.717, 1.165) is 0 Å². The molecule has 1 unspecified atom stereocenters. The molecule has 0 fully saturated rings. The molecule has 1 aromatic rings. The van der Waals surface area contributed by atoms with Crippen molar-refractivity contribution in [2.24, 2.45) is 0 Å². The first kappa shape index (κ1) is 10.1. The molecule has 1 atom stereocenters. The highest BCUT2D eigenvalue weighted by Crippen LogP contribution is 2.23. The van der Waals surface area contributed by atoms with E-state index in [9.17, 15) is 9.90 Å². The molecule has 0 radical (unpaired) electrons. The molecule has 2 N–H and O–H groups in total. The lowest BCUT2D eigenvalue weighted by atomic mass is 10.00. The summed E-state index contributed by atoms with van der Waals surface area (Å²) in [5.41, 5.74) is 0.625. The van der Waals surface area contributed by atoms with Crippen molar-refractivity contribution in [3.8, 4) is 11.8 Å². The molecule has 0 spiro atoms. The minimum atomic E-state index is -0.964. The maximum absolute atomic E-state index is 10.6. The Morgan fingerprint density at radius 2 is 2.21 bits per heavy atom. The van der Waals surface area contributed by atoms with Gasteiger partial charge in [0.1, 0.15) is 11.8 Å². The quantitative estimate of drug-likeness (QED) is 0.741. The fraction of sp³-hybridized carbons (Fsp3) is 0.200. The van der Waals surface area contributed by atoms with Gasteiger partial charge in [-0.1, -0.05) is 6.07 Å². The first-order chi connectivity index (χ1) is 6.56. The van der Waals surface area contributed by atoms with Crippen LogP contribution in [0, 0.1) is 11.3 Å². The number of phenols is 1. The molecule has 4 heteroatoms. The lowest BCUT2D eigenvalue weighted by molar-refractivity contribution is -0.138. The second-order valence-corrected chi connectivity index (χ2v) is 2.95. The topological polar surface area (TPSA) is 81.3 Å². The summed E-state index contributed by atoms with van der Waals surface area (Å²) in [4.78, 5) is 10.6. The normalized spacial score (nSPS) is 11.7. The molecule has 1 aromatic carbocycles. The smallest absolute Gasteiger partial charge is 0.310 e. The van der Waals surface area contributed by atoms with Gasteiger partial charge in [0.25, 0.3) is 0 Å². The Morgan fingerprint density at radius 3 is 2.64 bits per heavy atom. The zero-order valence-corrected chi connectivity index (χ0v) is 7.56. The van der Waals surface area contributed by atoms with Gasteiger partial charge in [-0.3, -0.25) is 4.79 Å². The van der Waals surface area contributed by atoms with Crippen LogP contribution in [0.15, 0.2) is 18.2 Å². The van der Waals surface area contributed by atoms with Gasteiger partial charge in [-0.2, -0.15) is 5.26 Å². The third-order valence-corrected chi connectivity index (χ3v) is 2.01. The minimum Gasteiger partial charge on any atom is -0.507 e. The Labute approximate surface area is 81.0 Å². The number of hydrogen-bond acceptors (Lipinski definition) is 3. The van der Waals surface area contributed by atoms with Crippen molar-refractivity contribution in [2.75, 3.05) is 0 Å². The number of benzene rings is 1. The van der Waals surface area contributed by atoms with Crippen LogP contribution in [0.4, 0.5) is 0 Å². The van der Waals surface area contributed by atoms with Crippen LogP contribution in [0.2, 0.25) is 0 Å². The van der Waals surface area contributed by atoms with Crippen molar-refractivity contribution in [1.29, 1.82) is 5.26 Å². The van der Waals surface area contributed by atoms with Gasteiger partial charge in [-0.05, 0) is 24.6 Å². The number of aliphatic carboxylic acids is 1. The number of carboxylic acids is 1. The molecule has 14 heavy (non-hydrogen) atoms. The molecule has 0 amide bonds. The molecule has 72 valence electrons. The highest BCUT2D eigenvalue weighted by atomic mass is 16.4. The number of nitriles is 1. The maximum atomic E-state index is 10.6. The van der Waals surface area contributed by atoms with Gasteiger partial charge in [0.05, 0.1) is 11.5 Å². The Morgan fingerprint density at radius 1 is 1.57 bits per heavy atom. The Bertz CT molecular complexity index is 406. The molecule has 0 heterocycles. The van der Waals surface area contributed by atoms with E-state index in [1.54, 1.807) is 6.07 Å². The fourth-order valence-electron chi connectivity index (χ4n) is 1.06. The predicted octanol–water partition coefficient (Wildman–Crippen LogP) is 1.45. The van der Waals surface area contributed by atoms with E-state index in [1.807, 2.05) is 0 Å². The zero-order valence-electron chi connectivity index (χ0n) is 7.56. The van der Waals surface area contributed by atoms with Crippen molar-refractivity contribution in [3.05, 3.63) is 29.3 Å². The van der Waals surface area contributed by atoms with Crippen LogP contribution in [-0.4, -0.2) is 16.2 Å². The van der Waals surface area contributed by atoms with Gasteiger partial charge in [0.2, 0.25) is 0 Å². The van der Waals surface area contributed by atoms with Crippen LogP contribution in [-0.2, 0) is 4.79 Å². The summed E-state index contributed by atoms with van der Waals surface area (Å²) < 4.78 is 0. The van der Waals surface area contributed by atoms with Gasteiger partial charge >= 0.3 is 5.97 Å². The first-order valence-electron chi connectivity index (χ1n) is 4.02. The van der Waals surface area contributed by atoms with Crippen molar-refractivity contribution in [2.45, 2.75) is 12.8 Å². The summed E-state index contributed by atoms with van der Waals surface area (Å²) in [6.45, 7) is 1.52. The minimum absolute atomic E-state index is 0.145. The van der Waals surface area contributed by atoms with E-state index in [2.05, 4.69) is 0 Å². The molecule has 0 aliphatic carbocycles. The average Bonchev–Trinajstić information content (AvgIpc) is 2.16. The summed E-state index contributed by atoms with van der Waals surface area (Å²) >= 11 is 0. The number of carboxylic acid groups (broad SMARTS) is 1. The number of rotatable bonds is 2. The van der Waals surface area contributed by atoms with Crippen molar-refractivity contribution in [3.63, 3.8) is 0 Å². The van der Waals surface area contributed by atoms with Gasteiger partial charge in [0.15, 0.2) is 0 Å². The molecule has 0 aromatic heterocycles. The summed E-state index contributed by atoms with van der Waals surface area (Å²) in [5.74, 6) is -1.83. The van der Waals surface area contributed by atoms with E-state index in [0.29, 0.717) is 5.56 Å². The Hall–Kier alpha value is -2.02. The van der Waals surface area contributed by atoms with Crippen LogP contribution in [0.5, 0.6) is 5.75 Å². The molecule has 0 bridgehead atoms. The van der Waals surface area contributed by atoms with E-state index in [-0.39, 0.29) is 11.3 Å². The zero-order chi connectivity index (χ0) is 10.7. The summed E-state index contributed by atoms with van der Waals surface area (Å²) in [5, 5.41) is 26.5. The Balaban J connectivity index is 3.10. The lowest BCUT2D eigenvalue weighted by Crippen LogP contribution is -2.07. The van der Waals surface area contributed by atoms with E-state index >= 15 is 0 Å². The molecule has 0 saturated carbocycles. The highest BCUT2D eigenvalue weighted by Gasteiger charge is 2.14. The van der Waals surface area contributed by atoms with Crippen LogP contribution in [0.3, 0.4) is 0 Å². The monoisotopic (exact) mass is 191 g/mol. The summed E-state index contributed by atoms with van der Waals surface area (Å²) in [7, 11) is 0. The van der Waals surface area contributed by atoms with E-state index in [1.165, 1.54) is 25.1 Å². The lowest BCUT2D eigenvalue weighted by Gasteiger charge is -2.06. The second kappa shape index (κ2) is 3.79. The van der Waals surface area contributed by atoms with Crippen LogP contribution in [0.25, 0.3) is 0 Å². The summed E-state index contributed by atoms with van der Waals surface area (Å²) in [6.07, 6.45) is 0. The van der Waals surface area contributed by atoms with Crippen LogP contribution < -0.4 is 0 Å². The Kier molecular flexibility index (Phi) is 2.73.